The molecule has 1 fully saturated rings. The Labute approximate surface area is 133 Å². The van der Waals surface area contributed by atoms with Crippen LogP contribution in [0.25, 0.3) is 0 Å². The van der Waals surface area contributed by atoms with E-state index in [1.807, 2.05) is 0 Å². The lowest BCUT2D eigenvalue weighted by molar-refractivity contribution is 0.101. The van der Waals surface area contributed by atoms with E-state index < -0.39 is 0 Å². The highest BCUT2D eigenvalue weighted by Crippen LogP contribution is 2.36. The van der Waals surface area contributed by atoms with Crippen molar-refractivity contribution in [3.63, 3.8) is 0 Å². The first-order chi connectivity index (χ1) is 9.97. The molecule has 0 aliphatic heterocycles. The van der Waals surface area contributed by atoms with Gasteiger partial charge < -0.3 is 15.1 Å². The number of hydrogen-bond acceptors (Lipinski definition) is 3. The number of hydrogen-bond donors (Lipinski definition) is 1. The molecule has 1 rings (SSSR count). The normalized spacial score (nSPS) is 18.9. The molecule has 0 bridgehead atoms. The van der Waals surface area contributed by atoms with Gasteiger partial charge in [0.05, 0.1) is 0 Å². The first kappa shape index (κ1) is 18.9. The zero-order chi connectivity index (χ0) is 15.7. The van der Waals surface area contributed by atoms with Crippen molar-refractivity contribution in [2.24, 2.45) is 5.41 Å². The topological polar surface area (TPSA) is 18.5 Å². The van der Waals surface area contributed by atoms with Crippen molar-refractivity contribution >= 4 is 0 Å². The Morgan fingerprint density at radius 2 is 1.71 bits per heavy atom. The summed E-state index contributed by atoms with van der Waals surface area (Å²) >= 11 is 0. The van der Waals surface area contributed by atoms with E-state index in [9.17, 15) is 0 Å². The van der Waals surface area contributed by atoms with Gasteiger partial charge in [0.2, 0.25) is 0 Å². The summed E-state index contributed by atoms with van der Waals surface area (Å²) in [6.07, 6.45) is 8.41. The van der Waals surface area contributed by atoms with Gasteiger partial charge in [-0.2, -0.15) is 0 Å². The van der Waals surface area contributed by atoms with Gasteiger partial charge in [0.15, 0.2) is 0 Å². The fraction of sp³-hybridized carbons (Fsp3) is 1.00. The van der Waals surface area contributed by atoms with Gasteiger partial charge in [0.1, 0.15) is 0 Å². The lowest BCUT2D eigenvalue weighted by atomic mass is 9.73. The zero-order valence-corrected chi connectivity index (χ0v) is 15.2. The highest BCUT2D eigenvalue weighted by Gasteiger charge is 2.33. The van der Waals surface area contributed by atoms with Crippen molar-refractivity contribution < 1.29 is 0 Å². The summed E-state index contributed by atoms with van der Waals surface area (Å²) in [6, 6.07) is 0.604. The van der Waals surface area contributed by atoms with Crippen LogP contribution in [0, 0.1) is 5.41 Å². The molecular formula is C18H39N3. The molecule has 0 radical (unpaired) electrons. The van der Waals surface area contributed by atoms with Crippen molar-refractivity contribution in [1.82, 2.24) is 15.1 Å². The smallest absolute Gasteiger partial charge is 0.00500 e. The minimum atomic E-state index is 0.524. The summed E-state index contributed by atoms with van der Waals surface area (Å²) in [4.78, 5) is 4.99. The molecule has 1 saturated carbocycles. The molecular weight excluding hydrogens is 258 g/mol. The Bertz CT molecular complexity index is 257. The highest BCUT2D eigenvalue weighted by atomic mass is 15.1. The fourth-order valence-corrected chi connectivity index (χ4v) is 3.55. The largest absolute Gasteiger partial charge is 0.314 e. The molecule has 0 heterocycles. The van der Waals surface area contributed by atoms with Crippen molar-refractivity contribution in [3.05, 3.63) is 0 Å². The molecule has 0 atom stereocenters. The molecule has 3 heteroatoms. The highest BCUT2D eigenvalue weighted by molar-refractivity contribution is 4.88. The quantitative estimate of drug-likeness (QED) is 0.668. The summed E-state index contributed by atoms with van der Waals surface area (Å²) in [7, 11) is 4.34. The Morgan fingerprint density at radius 3 is 2.24 bits per heavy atom. The summed E-state index contributed by atoms with van der Waals surface area (Å²) in [5.41, 5.74) is 0.524. The van der Waals surface area contributed by atoms with Crippen LogP contribution < -0.4 is 5.32 Å². The van der Waals surface area contributed by atoms with Gasteiger partial charge >= 0.3 is 0 Å². The number of nitrogens with zero attached hydrogens (tertiary/aromatic N) is 2. The summed E-state index contributed by atoms with van der Waals surface area (Å²) in [5.74, 6) is 0. The van der Waals surface area contributed by atoms with Crippen molar-refractivity contribution in [1.29, 1.82) is 0 Å². The molecule has 0 saturated heterocycles. The van der Waals surface area contributed by atoms with Crippen LogP contribution in [0.5, 0.6) is 0 Å². The lowest BCUT2D eigenvalue weighted by Crippen LogP contribution is -2.47. The second-order valence-corrected chi connectivity index (χ2v) is 7.62. The number of nitrogens with one attached hydrogen (secondary N) is 1. The maximum absolute atomic E-state index is 3.72. The van der Waals surface area contributed by atoms with Gasteiger partial charge in [-0.15, -0.1) is 0 Å². The predicted molar refractivity (Wildman–Crippen MR) is 93.9 cm³/mol. The van der Waals surface area contributed by atoms with Gasteiger partial charge in [0, 0.05) is 19.1 Å². The van der Waals surface area contributed by atoms with Gasteiger partial charge in [-0.05, 0) is 58.4 Å². The minimum absolute atomic E-state index is 0.524. The molecule has 21 heavy (non-hydrogen) atoms. The van der Waals surface area contributed by atoms with Crippen LogP contribution in [0.3, 0.4) is 0 Å². The van der Waals surface area contributed by atoms with E-state index in [1.165, 1.54) is 71.2 Å². The van der Waals surface area contributed by atoms with Crippen molar-refractivity contribution in [2.45, 2.75) is 65.3 Å². The summed E-state index contributed by atoms with van der Waals surface area (Å²) < 4.78 is 0. The van der Waals surface area contributed by atoms with Crippen LogP contribution in [0.2, 0.25) is 0 Å². The van der Waals surface area contributed by atoms with E-state index in [2.05, 4.69) is 50.0 Å². The first-order valence-electron chi connectivity index (χ1n) is 9.08. The molecule has 0 spiro atoms. The second kappa shape index (κ2) is 9.81. The monoisotopic (exact) mass is 297 g/mol. The summed E-state index contributed by atoms with van der Waals surface area (Å²) in [6.45, 7) is 13.0. The van der Waals surface area contributed by atoms with Crippen LogP contribution in [0.4, 0.5) is 0 Å². The van der Waals surface area contributed by atoms with Crippen LogP contribution in [0.1, 0.15) is 59.3 Å². The molecule has 1 aliphatic carbocycles. The van der Waals surface area contributed by atoms with Crippen LogP contribution in [-0.4, -0.2) is 62.7 Å². The lowest BCUT2D eigenvalue weighted by Gasteiger charge is -2.42. The number of rotatable bonds is 10. The van der Waals surface area contributed by atoms with E-state index in [0.717, 1.165) is 0 Å². The predicted octanol–water partition coefficient (Wildman–Crippen LogP) is 3.21. The van der Waals surface area contributed by atoms with E-state index in [0.29, 0.717) is 11.5 Å². The minimum Gasteiger partial charge on any atom is -0.314 e. The van der Waals surface area contributed by atoms with Crippen LogP contribution >= 0.6 is 0 Å². The third-order valence-electron chi connectivity index (χ3n) is 4.89. The van der Waals surface area contributed by atoms with E-state index in [4.69, 9.17) is 0 Å². The summed E-state index contributed by atoms with van der Waals surface area (Å²) in [5, 5.41) is 3.72. The van der Waals surface area contributed by atoms with Crippen LogP contribution in [-0.2, 0) is 0 Å². The molecule has 0 aromatic rings. The Morgan fingerprint density at radius 1 is 1.05 bits per heavy atom. The average molecular weight is 298 g/mol. The maximum Gasteiger partial charge on any atom is 0.00500 e. The van der Waals surface area contributed by atoms with Gasteiger partial charge in [-0.3, -0.25) is 0 Å². The SMILES string of the molecule is CCN(CCCN(C)C)CC1(CNC(C)C)CCCCC1. The second-order valence-electron chi connectivity index (χ2n) is 7.62. The molecule has 126 valence electrons. The molecule has 1 aliphatic rings. The van der Waals surface area contributed by atoms with Crippen molar-refractivity contribution in [3.8, 4) is 0 Å². The first-order valence-corrected chi connectivity index (χ1v) is 9.08. The Balaban J connectivity index is 2.51. The van der Waals surface area contributed by atoms with Crippen LogP contribution in [0.15, 0.2) is 0 Å². The third-order valence-corrected chi connectivity index (χ3v) is 4.89. The van der Waals surface area contributed by atoms with Gasteiger partial charge in [-0.1, -0.05) is 40.0 Å². The molecule has 1 N–H and O–H groups in total. The molecule has 0 amide bonds. The Hall–Kier alpha value is -0.120. The van der Waals surface area contributed by atoms with Crippen molar-refractivity contribution in [2.75, 3.05) is 46.8 Å². The molecule has 0 unspecified atom stereocenters. The molecule has 0 aromatic carbocycles. The van der Waals surface area contributed by atoms with E-state index in [-0.39, 0.29) is 0 Å². The third kappa shape index (κ3) is 7.62. The van der Waals surface area contributed by atoms with Gasteiger partial charge in [0.25, 0.3) is 0 Å². The molecule has 3 nitrogen and oxygen atoms in total. The molecule has 0 aromatic heterocycles. The maximum atomic E-state index is 3.72. The Kier molecular flexibility index (Phi) is 8.84. The fourth-order valence-electron chi connectivity index (χ4n) is 3.55. The average Bonchev–Trinajstić information content (AvgIpc) is 2.45. The standard InChI is InChI=1S/C18H39N3/c1-6-21(14-10-13-20(4)5)16-18(15-19-17(2)3)11-8-7-9-12-18/h17,19H,6-16H2,1-5H3. The zero-order valence-electron chi connectivity index (χ0n) is 15.2. The van der Waals surface area contributed by atoms with Gasteiger partial charge in [-0.25, -0.2) is 0 Å². The van der Waals surface area contributed by atoms with E-state index in [1.54, 1.807) is 0 Å². The van der Waals surface area contributed by atoms with E-state index >= 15 is 0 Å².